The van der Waals surface area contributed by atoms with E-state index in [0.717, 1.165) is 251 Å². The van der Waals surface area contributed by atoms with Crippen LogP contribution in [-0.2, 0) is 0 Å². The van der Waals surface area contributed by atoms with E-state index in [2.05, 4.69) is 61.1 Å². The minimum atomic E-state index is 0.380. The van der Waals surface area contributed by atoms with Crippen molar-refractivity contribution in [1.29, 1.82) is 0 Å². The van der Waals surface area contributed by atoms with Crippen LogP contribution in [0.2, 0.25) is 17.5 Å². The molecule has 0 N–H and O–H groups in total. The molecule has 3 heterocycles. The van der Waals surface area contributed by atoms with E-state index in [1.54, 1.807) is 366 Å². The van der Waals surface area contributed by atoms with E-state index >= 15 is 0 Å². The van der Waals surface area contributed by atoms with Gasteiger partial charge >= 0.3 is 0 Å². The fourth-order valence-electron chi connectivity index (χ4n) is 44.2. The predicted molar refractivity (Wildman–Crippen MR) is 518 cm³/mol. The topological polar surface area (TPSA) is 13.0 Å². The molecule has 5 heteroatoms. The summed E-state index contributed by atoms with van der Waals surface area (Å²) in [5.41, 5.74) is 0.765. The molecular weight excluding hydrogens is 1480 g/mol. The average molecular weight is 1680 g/mol. The van der Waals surface area contributed by atoms with Crippen LogP contribution in [0.4, 0.5) is 0 Å². The maximum absolute atomic E-state index is 4.13. The van der Waals surface area contributed by atoms with Crippen molar-refractivity contribution >= 4 is 6.71 Å². The second-order valence-corrected chi connectivity index (χ2v) is 55.2. The lowest BCUT2D eigenvalue weighted by Crippen LogP contribution is -2.78. The molecule has 27 unspecified atom stereocenters. The lowest BCUT2D eigenvalue weighted by Gasteiger charge is -2.73. The lowest BCUT2D eigenvalue weighted by molar-refractivity contribution is -0.161. The van der Waals surface area contributed by atoms with Crippen LogP contribution in [0.3, 0.4) is 0 Å². The van der Waals surface area contributed by atoms with Gasteiger partial charge in [0.15, 0.2) is 6.71 Å². The van der Waals surface area contributed by atoms with Gasteiger partial charge in [-0.1, -0.05) is 305 Å². The number of nitrogens with zero attached hydrogens (tertiary/aromatic N) is 4. The summed E-state index contributed by atoms with van der Waals surface area (Å²) in [6.45, 7) is 17.8. The van der Waals surface area contributed by atoms with Gasteiger partial charge in [0.2, 0.25) is 0 Å². The second-order valence-electron chi connectivity index (χ2n) is 55.2. The standard InChI is InChI=1S/C118H197BN4/c1-117(2,3)86-69-100(80-36-17-9-18-37-80)115(101(70-86)81-38-19-10-20-39-81)122-108-67-58-85(92-64-65-99-97-49-30-45-84-44-29-48-96(112(84)97)98-51-31-50-95(92)113(98)99)68-105(108)119-104-66-63-90(121-106-52-27-25-46-93(106)94-47-26-28-53-107(94)121)73-109(104)123(116-102(82-40-21-11-22-41-82)71-87(118(4,5)6)72-103(116)83-42-23-12-24-43-83)111-75-91(74-110(122)114(111)119)120(88-59-54-78(55-60-88)76-32-13-7-14-33-76)89-61-56-79(57-62-89)77-34-15-8-16-35-77/h76-116H,7-75H2,1-6H3. The first kappa shape index (κ1) is 87.0. The first-order chi connectivity index (χ1) is 60.3. The van der Waals surface area contributed by atoms with Crippen molar-refractivity contribution in [2.24, 2.45) is 165 Å². The van der Waals surface area contributed by atoms with Gasteiger partial charge in [-0.2, -0.15) is 0 Å². The summed E-state index contributed by atoms with van der Waals surface area (Å²) in [6, 6.07) is 9.86. The first-order valence-electron chi connectivity index (χ1n) is 59.4. The SMILES string of the molecule is CC(C)(C)C1CC(C2CCCCC2)C(N2C3CCC(C4CCC5C6CCCC7CCCC(C8CCCC4C85)C76)CC3B3C4CCC(N5C6CCCCC6C6CCCCC65)CC4N(C4C(C5CCCCC5)CC(C(C)(C)C)CC4C4CCCCC4)C4CC(N(C5CCC(C6CCCCC6)CC5)C5CCC(C6CCCCC6)CC5)CC2C34)C(C2CCCCC2)C1. The highest BCUT2D eigenvalue weighted by Gasteiger charge is 2.71. The Morgan fingerprint density at radius 3 is 1.00 bits per heavy atom. The van der Waals surface area contributed by atoms with Crippen LogP contribution in [0.15, 0.2) is 0 Å². The molecule has 23 fully saturated rings. The highest BCUT2D eigenvalue weighted by atomic mass is 15.3. The molecule has 27 atom stereocenters. The molecule has 3 saturated heterocycles. The van der Waals surface area contributed by atoms with Gasteiger partial charge in [-0.05, 0) is 362 Å². The Balaban J connectivity index is 0.722. The summed E-state index contributed by atoms with van der Waals surface area (Å²) in [4.78, 5) is 15.7. The Morgan fingerprint density at radius 2 is 0.553 bits per heavy atom. The summed E-state index contributed by atoms with van der Waals surface area (Å²) >= 11 is 0. The molecular formula is C118H197BN4. The zero-order valence-electron chi connectivity index (χ0n) is 81.8. The summed E-state index contributed by atoms with van der Waals surface area (Å²) in [5, 5.41) is 0. The van der Waals surface area contributed by atoms with E-state index in [-0.39, 0.29) is 0 Å². The highest BCUT2D eigenvalue weighted by Crippen LogP contribution is 2.72. The van der Waals surface area contributed by atoms with Gasteiger partial charge in [0.05, 0.1) is 0 Å². The van der Waals surface area contributed by atoms with Crippen LogP contribution in [0.25, 0.3) is 0 Å². The average Bonchev–Trinajstić information content (AvgIpc) is 0.895. The smallest absolute Gasteiger partial charge is 0.156 e. The van der Waals surface area contributed by atoms with Crippen molar-refractivity contribution in [1.82, 2.24) is 19.6 Å². The van der Waals surface area contributed by atoms with Gasteiger partial charge in [0, 0.05) is 72.5 Å². The molecule has 23 rings (SSSR count). The largest absolute Gasteiger partial charge is 0.295 e. The van der Waals surface area contributed by atoms with Crippen molar-refractivity contribution in [3.05, 3.63) is 0 Å². The lowest BCUT2D eigenvalue weighted by atomic mass is 9.18. The minimum Gasteiger partial charge on any atom is -0.295 e. The molecule has 0 amide bonds. The van der Waals surface area contributed by atoms with Crippen LogP contribution in [-0.4, -0.2) is 98.8 Å². The summed E-state index contributed by atoms with van der Waals surface area (Å²) in [7, 11) is 0. The normalized spacial score (nSPS) is 49.6. The molecule has 20 aliphatic carbocycles. The number of fused-ring (bicyclic) bond motifs is 9. The van der Waals surface area contributed by atoms with Crippen LogP contribution < -0.4 is 0 Å². The zero-order valence-corrected chi connectivity index (χ0v) is 81.8. The molecule has 0 aromatic heterocycles. The van der Waals surface area contributed by atoms with Gasteiger partial charge in [-0.25, -0.2) is 0 Å². The van der Waals surface area contributed by atoms with Gasteiger partial charge in [0.25, 0.3) is 0 Å². The minimum absolute atomic E-state index is 0.380. The van der Waals surface area contributed by atoms with Crippen molar-refractivity contribution in [3.8, 4) is 0 Å². The second kappa shape index (κ2) is 37.2. The molecule has 0 bridgehead atoms. The maximum Gasteiger partial charge on any atom is 0.156 e. The van der Waals surface area contributed by atoms with E-state index in [4.69, 9.17) is 0 Å². The Morgan fingerprint density at radius 1 is 0.203 bits per heavy atom. The van der Waals surface area contributed by atoms with Crippen molar-refractivity contribution < 1.29 is 0 Å². The Kier molecular flexibility index (Phi) is 26.3. The third kappa shape index (κ3) is 16.4. The molecule has 0 aromatic carbocycles. The summed E-state index contributed by atoms with van der Waals surface area (Å²) in [5.74, 6) is 28.9. The van der Waals surface area contributed by atoms with E-state index < -0.39 is 0 Å². The van der Waals surface area contributed by atoms with Gasteiger partial charge < -0.3 is 0 Å². The predicted octanol–water partition coefficient (Wildman–Crippen LogP) is 31.6. The highest BCUT2D eigenvalue weighted by molar-refractivity contribution is 6.65. The van der Waals surface area contributed by atoms with Crippen LogP contribution in [0.5, 0.6) is 0 Å². The van der Waals surface area contributed by atoms with Crippen LogP contribution in [0.1, 0.15) is 485 Å². The number of hydrogen-bond donors (Lipinski definition) is 0. The van der Waals surface area contributed by atoms with Crippen molar-refractivity contribution in [2.45, 2.75) is 575 Å². The Labute approximate surface area is 760 Å². The van der Waals surface area contributed by atoms with E-state index in [0.29, 0.717) is 10.8 Å². The zero-order chi connectivity index (χ0) is 82.3. The molecule has 0 radical (unpaired) electrons. The molecule has 692 valence electrons. The monoisotopic (exact) mass is 1680 g/mol. The van der Waals surface area contributed by atoms with Crippen molar-refractivity contribution in [2.75, 3.05) is 0 Å². The van der Waals surface area contributed by atoms with Crippen LogP contribution >= 0.6 is 0 Å². The van der Waals surface area contributed by atoms with E-state index in [1.165, 1.54) is 77.0 Å². The Hall–Kier alpha value is -0.0951. The summed E-state index contributed by atoms with van der Waals surface area (Å²) < 4.78 is 0. The third-order valence-electron chi connectivity index (χ3n) is 48.9. The molecule has 4 nitrogen and oxygen atoms in total. The molecule has 23 aliphatic rings. The molecule has 3 aliphatic heterocycles. The maximum atomic E-state index is 4.13. The fraction of sp³-hybridized carbons (Fsp3) is 1.00. The number of hydrogen-bond acceptors (Lipinski definition) is 4. The van der Waals surface area contributed by atoms with Gasteiger partial charge in [0.1, 0.15) is 0 Å². The van der Waals surface area contributed by atoms with E-state index in [9.17, 15) is 0 Å². The Bertz CT molecular complexity index is 3230. The molecule has 0 spiro atoms. The summed E-state index contributed by atoms with van der Waals surface area (Å²) in [6.07, 6.45) is 109. The molecule has 123 heavy (non-hydrogen) atoms. The number of rotatable bonds is 13. The quantitative estimate of drug-likeness (QED) is 0.170. The molecule has 20 saturated carbocycles. The van der Waals surface area contributed by atoms with Gasteiger partial charge in [-0.15, -0.1) is 0 Å². The van der Waals surface area contributed by atoms with Crippen LogP contribution in [0, 0.1) is 165 Å². The molecule has 0 aromatic rings. The number of likely N-dealkylation sites (tertiary alicyclic amines) is 1. The first-order valence-corrected chi connectivity index (χ1v) is 59.4. The van der Waals surface area contributed by atoms with E-state index in [1.807, 2.05) is 0 Å². The van der Waals surface area contributed by atoms with Crippen molar-refractivity contribution in [3.63, 3.8) is 0 Å². The van der Waals surface area contributed by atoms with Gasteiger partial charge in [-0.3, -0.25) is 19.6 Å². The fourth-order valence-corrected chi connectivity index (χ4v) is 44.2. The third-order valence-corrected chi connectivity index (χ3v) is 48.9.